The number of hydrogen-bond donors (Lipinski definition) is 1. The summed E-state index contributed by atoms with van der Waals surface area (Å²) in [7, 11) is 0. The fraction of sp³-hybridized carbons (Fsp3) is 0.636. The van der Waals surface area contributed by atoms with Gasteiger partial charge in [0.1, 0.15) is 6.26 Å². The number of nitrogens with zero attached hydrogens (tertiary/aromatic N) is 1. The van der Waals surface area contributed by atoms with Crippen LogP contribution in [0.3, 0.4) is 0 Å². The predicted molar refractivity (Wildman–Crippen MR) is 62.4 cm³/mol. The highest BCUT2D eigenvalue weighted by atomic mass is 16.5. The minimum atomic E-state index is -0.507. The molecule has 1 heterocycles. The summed E-state index contributed by atoms with van der Waals surface area (Å²) in [6.45, 7) is 10.0. The Bertz CT molecular complexity index is 308. The third-order valence-corrected chi connectivity index (χ3v) is 1.40. The molecule has 0 aromatic carbocycles. The number of oxazole rings is 1. The summed E-state index contributed by atoms with van der Waals surface area (Å²) in [6, 6.07) is 0. The quantitative estimate of drug-likeness (QED) is 0.862. The molecule has 0 spiro atoms. The Morgan fingerprint density at radius 3 is 2.62 bits per heavy atom. The van der Waals surface area contributed by atoms with Crippen molar-refractivity contribution in [3.8, 4) is 0 Å². The minimum Gasteiger partial charge on any atom is -0.449 e. The van der Waals surface area contributed by atoms with Gasteiger partial charge in [-0.15, -0.1) is 0 Å². The lowest BCUT2D eigenvalue weighted by molar-refractivity contribution is 0.147. The van der Waals surface area contributed by atoms with Crippen LogP contribution in [0.2, 0.25) is 0 Å². The number of hydrogen-bond acceptors (Lipinski definition) is 4. The molecule has 0 saturated heterocycles. The molecule has 0 radical (unpaired) electrons. The van der Waals surface area contributed by atoms with Crippen LogP contribution in [0.1, 0.15) is 33.6 Å². The van der Waals surface area contributed by atoms with Crippen molar-refractivity contribution in [1.29, 1.82) is 0 Å². The van der Waals surface area contributed by atoms with Crippen LogP contribution in [0.4, 0.5) is 10.6 Å². The van der Waals surface area contributed by atoms with Gasteiger partial charge < -0.3 is 9.15 Å². The average Bonchev–Trinajstić information content (AvgIpc) is 2.64. The molecule has 5 heteroatoms. The van der Waals surface area contributed by atoms with Crippen molar-refractivity contribution in [3.63, 3.8) is 0 Å². The third kappa shape index (κ3) is 6.06. The Morgan fingerprint density at radius 2 is 2.19 bits per heavy atom. The van der Waals surface area contributed by atoms with E-state index in [0.717, 1.165) is 0 Å². The molecule has 92 valence electrons. The molecule has 5 nitrogen and oxygen atoms in total. The molecule has 0 aliphatic heterocycles. The number of aromatic nitrogens is 1. The van der Waals surface area contributed by atoms with Crippen LogP contribution in [0.15, 0.2) is 10.7 Å². The normalized spacial score (nSPS) is 9.38. The highest BCUT2D eigenvalue weighted by Crippen LogP contribution is 2.06. The van der Waals surface area contributed by atoms with Gasteiger partial charge in [0.2, 0.25) is 0 Å². The van der Waals surface area contributed by atoms with Crippen molar-refractivity contribution in [2.75, 3.05) is 11.9 Å². The molecule has 1 aromatic heterocycles. The van der Waals surface area contributed by atoms with Gasteiger partial charge in [-0.1, -0.05) is 27.7 Å². The predicted octanol–water partition coefficient (Wildman–Crippen LogP) is 3.21. The second-order valence-electron chi connectivity index (χ2n) is 3.37. The van der Waals surface area contributed by atoms with E-state index in [2.05, 4.69) is 10.3 Å². The van der Waals surface area contributed by atoms with Gasteiger partial charge >= 0.3 is 6.09 Å². The Hall–Kier alpha value is -1.52. The molecule has 1 rings (SSSR count). The van der Waals surface area contributed by atoms with E-state index in [1.807, 2.05) is 27.7 Å². The number of carbonyl (C=O) groups is 1. The van der Waals surface area contributed by atoms with E-state index in [-0.39, 0.29) is 0 Å². The van der Waals surface area contributed by atoms with Crippen molar-refractivity contribution >= 4 is 11.9 Å². The van der Waals surface area contributed by atoms with Gasteiger partial charge in [-0.25, -0.2) is 4.79 Å². The summed E-state index contributed by atoms with van der Waals surface area (Å²) >= 11 is 0. The van der Waals surface area contributed by atoms with Crippen LogP contribution in [0.5, 0.6) is 0 Å². The molecule has 0 aliphatic rings. The molecule has 0 unspecified atom stereocenters. The van der Waals surface area contributed by atoms with E-state index in [4.69, 9.17) is 9.15 Å². The summed E-state index contributed by atoms with van der Waals surface area (Å²) < 4.78 is 9.79. The van der Waals surface area contributed by atoms with Crippen LogP contribution in [-0.2, 0) is 4.74 Å². The lowest BCUT2D eigenvalue weighted by atomic mass is 10.2. The summed E-state index contributed by atoms with van der Waals surface area (Å²) in [5, 5.41) is 2.45. The van der Waals surface area contributed by atoms with E-state index in [1.165, 1.54) is 6.26 Å². The Morgan fingerprint density at radius 1 is 1.56 bits per heavy atom. The first kappa shape index (κ1) is 14.5. The molecular formula is C11H20N2O3. The largest absolute Gasteiger partial charge is 0.449 e. The van der Waals surface area contributed by atoms with E-state index in [1.54, 1.807) is 6.92 Å². The van der Waals surface area contributed by atoms with Crippen LogP contribution in [0, 0.1) is 12.8 Å². The smallest absolute Gasteiger partial charge is 0.412 e. The zero-order valence-electron chi connectivity index (χ0n) is 10.5. The van der Waals surface area contributed by atoms with Crippen LogP contribution >= 0.6 is 0 Å². The average molecular weight is 228 g/mol. The Labute approximate surface area is 96.2 Å². The summed E-state index contributed by atoms with van der Waals surface area (Å²) in [4.78, 5) is 15.0. The van der Waals surface area contributed by atoms with Crippen molar-refractivity contribution < 1.29 is 13.9 Å². The highest BCUT2D eigenvalue weighted by Gasteiger charge is 2.06. The van der Waals surface area contributed by atoms with E-state index < -0.39 is 6.09 Å². The molecule has 1 amide bonds. The Kier molecular flexibility index (Phi) is 7.00. The van der Waals surface area contributed by atoms with Crippen LogP contribution in [0.25, 0.3) is 0 Å². The molecule has 0 bridgehead atoms. The van der Waals surface area contributed by atoms with Gasteiger partial charge in [0.25, 0.3) is 0 Å². The number of carbonyl (C=O) groups excluding carboxylic acids is 1. The topological polar surface area (TPSA) is 64.4 Å². The molecule has 16 heavy (non-hydrogen) atoms. The molecule has 0 fully saturated rings. The third-order valence-electron chi connectivity index (χ3n) is 1.40. The van der Waals surface area contributed by atoms with Gasteiger partial charge in [-0.05, 0) is 5.92 Å². The SMILES string of the molecule is CC.Cc1nc(NC(=O)OCC(C)C)co1. The zero-order valence-corrected chi connectivity index (χ0v) is 10.5. The highest BCUT2D eigenvalue weighted by molar-refractivity contribution is 5.82. The maximum absolute atomic E-state index is 11.1. The number of amides is 1. The van der Waals surface area contributed by atoms with E-state index in [0.29, 0.717) is 24.2 Å². The minimum absolute atomic E-state index is 0.319. The summed E-state index contributed by atoms with van der Waals surface area (Å²) in [5.74, 6) is 1.19. The first-order valence-corrected chi connectivity index (χ1v) is 5.44. The number of anilines is 1. The lowest BCUT2D eigenvalue weighted by Crippen LogP contribution is -2.16. The van der Waals surface area contributed by atoms with E-state index in [9.17, 15) is 4.79 Å². The maximum atomic E-state index is 11.1. The summed E-state index contributed by atoms with van der Waals surface area (Å²) in [5.41, 5.74) is 0. The van der Waals surface area contributed by atoms with E-state index >= 15 is 0 Å². The fourth-order valence-electron chi connectivity index (χ4n) is 0.804. The van der Waals surface area contributed by atoms with Crippen molar-refractivity contribution in [2.45, 2.75) is 34.6 Å². The second kappa shape index (κ2) is 7.73. The van der Waals surface area contributed by atoms with Crippen molar-refractivity contribution in [1.82, 2.24) is 4.98 Å². The van der Waals surface area contributed by atoms with Gasteiger partial charge in [-0.2, -0.15) is 4.98 Å². The molecule has 1 aromatic rings. The monoisotopic (exact) mass is 228 g/mol. The van der Waals surface area contributed by atoms with Gasteiger partial charge in [0.15, 0.2) is 11.7 Å². The summed E-state index contributed by atoms with van der Waals surface area (Å²) in [6.07, 6.45) is 0.860. The second-order valence-corrected chi connectivity index (χ2v) is 3.37. The fourth-order valence-corrected chi connectivity index (χ4v) is 0.804. The van der Waals surface area contributed by atoms with Crippen LogP contribution < -0.4 is 5.32 Å². The first-order valence-electron chi connectivity index (χ1n) is 5.44. The number of ether oxygens (including phenoxy) is 1. The van der Waals surface area contributed by atoms with Gasteiger partial charge in [0, 0.05) is 6.92 Å². The van der Waals surface area contributed by atoms with Gasteiger partial charge in [-0.3, -0.25) is 5.32 Å². The molecule has 0 saturated carbocycles. The Balaban J connectivity index is 0.00000106. The molecule has 1 N–H and O–H groups in total. The molecule has 0 aliphatic carbocycles. The molecule has 0 atom stereocenters. The first-order chi connectivity index (χ1) is 7.58. The maximum Gasteiger partial charge on any atom is 0.412 e. The number of aryl methyl sites for hydroxylation is 1. The molecular weight excluding hydrogens is 208 g/mol. The van der Waals surface area contributed by atoms with Gasteiger partial charge in [0.05, 0.1) is 6.61 Å². The van der Waals surface area contributed by atoms with Crippen molar-refractivity contribution in [2.24, 2.45) is 5.92 Å². The number of nitrogens with one attached hydrogen (secondary N) is 1. The lowest BCUT2D eigenvalue weighted by Gasteiger charge is -2.06. The van der Waals surface area contributed by atoms with Crippen LogP contribution in [-0.4, -0.2) is 17.7 Å². The number of rotatable bonds is 3. The standard InChI is InChI=1S/C9H14N2O3.C2H6/c1-6(2)4-14-9(12)11-8-5-13-7(3)10-8;1-2/h5-6H,4H2,1-3H3,(H,11,12);1-2H3. The zero-order chi connectivity index (χ0) is 12.6. The van der Waals surface area contributed by atoms with Crippen molar-refractivity contribution in [3.05, 3.63) is 12.2 Å².